The molecule has 1 aliphatic rings. The maximum Gasteiger partial charge on any atom is 0.0371 e. The van der Waals surface area contributed by atoms with Gasteiger partial charge in [-0.2, -0.15) is 0 Å². The van der Waals surface area contributed by atoms with Crippen molar-refractivity contribution < 1.29 is 0 Å². The summed E-state index contributed by atoms with van der Waals surface area (Å²) in [6.07, 6.45) is 3.95. The molecule has 1 aliphatic heterocycles. The normalized spacial score (nSPS) is 26.1. The van der Waals surface area contributed by atoms with E-state index in [4.69, 9.17) is 5.73 Å². The Bertz CT molecular complexity index is 362. The SMILES string of the molecule is CC1CCCC(C)N1Cc1c(N)cccc1Br. The minimum Gasteiger partial charge on any atom is -0.398 e. The Kier molecular flexibility index (Phi) is 4.10. The van der Waals surface area contributed by atoms with Crippen molar-refractivity contribution >= 4 is 21.6 Å². The van der Waals surface area contributed by atoms with E-state index in [1.54, 1.807) is 0 Å². The Balaban J connectivity index is 2.19. The van der Waals surface area contributed by atoms with E-state index >= 15 is 0 Å². The molecule has 1 fully saturated rings. The minimum atomic E-state index is 0.658. The van der Waals surface area contributed by atoms with Gasteiger partial charge in [-0.3, -0.25) is 4.90 Å². The first-order valence-corrected chi connectivity index (χ1v) is 7.17. The number of piperidine rings is 1. The third-order valence-corrected chi connectivity index (χ3v) is 4.61. The van der Waals surface area contributed by atoms with Crippen LogP contribution in [0, 0.1) is 0 Å². The average Bonchev–Trinajstić information content (AvgIpc) is 2.27. The first-order chi connectivity index (χ1) is 8.09. The first kappa shape index (κ1) is 12.9. The Morgan fingerprint density at radius 1 is 1.29 bits per heavy atom. The number of rotatable bonds is 2. The molecule has 1 heterocycles. The lowest BCUT2D eigenvalue weighted by Crippen LogP contribution is -2.43. The van der Waals surface area contributed by atoms with Crippen LogP contribution in [0.3, 0.4) is 0 Å². The van der Waals surface area contributed by atoms with Gasteiger partial charge in [0.2, 0.25) is 0 Å². The zero-order valence-electron chi connectivity index (χ0n) is 10.6. The van der Waals surface area contributed by atoms with E-state index in [9.17, 15) is 0 Å². The fraction of sp³-hybridized carbons (Fsp3) is 0.571. The highest BCUT2D eigenvalue weighted by molar-refractivity contribution is 9.10. The quantitative estimate of drug-likeness (QED) is 0.841. The minimum absolute atomic E-state index is 0.658. The Morgan fingerprint density at radius 3 is 2.53 bits per heavy atom. The van der Waals surface area contributed by atoms with Gasteiger partial charge in [-0.15, -0.1) is 0 Å². The summed E-state index contributed by atoms with van der Waals surface area (Å²) in [7, 11) is 0. The number of benzene rings is 1. The molecule has 0 aliphatic carbocycles. The number of hydrogen-bond acceptors (Lipinski definition) is 2. The molecule has 94 valence electrons. The molecular formula is C14H21BrN2. The maximum absolute atomic E-state index is 6.07. The monoisotopic (exact) mass is 296 g/mol. The van der Waals surface area contributed by atoms with Crippen molar-refractivity contribution in [2.45, 2.75) is 51.7 Å². The molecule has 0 radical (unpaired) electrons. The van der Waals surface area contributed by atoms with Crippen LogP contribution in [0.2, 0.25) is 0 Å². The van der Waals surface area contributed by atoms with Gasteiger partial charge in [-0.25, -0.2) is 0 Å². The first-order valence-electron chi connectivity index (χ1n) is 6.38. The lowest BCUT2D eigenvalue weighted by molar-refractivity contribution is 0.0953. The number of hydrogen-bond donors (Lipinski definition) is 1. The molecule has 0 bridgehead atoms. The maximum atomic E-state index is 6.07. The summed E-state index contributed by atoms with van der Waals surface area (Å²) < 4.78 is 1.13. The van der Waals surface area contributed by atoms with Crippen molar-refractivity contribution in [2.75, 3.05) is 5.73 Å². The zero-order valence-corrected chi connectivity index (χ0v) is 12.2. The molecule has 0 amide bonds. The fourth-order valence-corrected chi connectivity index (χ4v) is 3.22. The van der Waals surface area contributed by atoms with Gasteiger partial charge < -0.3 is 5.73 Å². The summed E-state index contributed by atoms with van der Waals surface area (Å²) in [4.78, 5) is 2.57. The molecule has 2 nitrogen and oxygen atoms in total. The number of nitrogen functional groups attached to an aromatic ring is 1. The molecule has 1 saturated heterocycles. The van der Waals surface area contributed by atoms with Gasteiger partial charge >= 0.3 is 0 Å². The second-order valence-electron chi connectivity index (χ2n) is 5.11. The van der Waals surface area contributed by atoms with E-state index in [1.807, 2.05) is 12.1 Å². The van der Waals surface area contributed by atoms with Crippen molar-refractivity contribution in [3.05, 3.63) is 28.2 Å². The van der Waals surface area contributed by atoms with Gasteiger partial charge in [-0.05, 0) is 38.8 Å². The van der Waals surface area contributed by atoms with Gasteiger partial charge in [-0.1, -0.05) is 28.4 Å². The summed E-state index contributed by atoms with van der Waals surface area (Å²) in [5, 5.41) is 0. The van der Waals surface area contributed by atoms with E-state index in [1.165, 1.54) is 24.8 Å². The van der Waals surface area contributed by atoms with Crippen LogP contribution in [0.5, 0.6) is 0 Å². The van der Waals surface area contributed by atoms with E-state index in [0.717, 1.165) is 16.7 Å². The summed E-state index contributed by atoms with van der Waals surface area (Å²) in [5.41, 5.74) is 8.20. The van der Waals surface area contributed by atoms with Crippen LogP contribution >= 0.6 is 15.9 Å². The summed E-state index contributed by atoms with van der Waals surface area (Å²) in [6, 6.07) is 7.37. The highest BCUT2D eigenvalue weighted by Gasteiger charge is 2.25. The van der Waals surface area contributed by atoms with Gasteiger partial charge in [0.05, 0.1) is 0 Å². The van der Waals surface area contributed by atoms with Crippen molar-refractivity contribution in [1.82, 2.24) is 4.90 Å². The Morgan fingerprint density at radius 2 is 1.94 bits per heavy atom. The predicted molar refractivity (Wildman–Crippen MR) is 76.9 cm³/mol. The lowest BCUT2D eigenvalue weighted by atomic mass is 9.96. The number of nitrogens with two attached hydrogens (primary N) is 1. The lowest BCUT2D eigenvalue weighted by Gasteiger charge is -2.39. The van der Waals surface area contributed by atoms with E-state index < -0.39 is 0 Å². The number of anilines is 1. The Hall–Kier alpha value is -0.540. The molecule has 1 aromatic carbocycles. The molecule has 17 heavy (non-hydrogen) atoms. The summed E-state index contributed by atoms with van der Waals surface area (Å²) in [5.74, 6) is 0. The van der Waals surface area contributed by atoms with E-state index in [2.05, 4.69) is 40.7 Å². The molecule has 0 spiro atoms. The molecule has 2 unspecified atom stereocenters. The van der Waals surface area contributed by atoms with E-state index in [-0.39, 0.29) is 0 Å². The van der Waals surface area contributed by atoms with Crippen LogP contribution in [-0.2, 0) is 6.54 Å². The third-order valence-electron chi connectivity index (χ3n) is 3.87. The van der Waals surface area contributed by atoms with Crippen molar-refractivity contribution in [3.63, 3.8) is 0 Å². The van der Waals surface area contributed by atoms with Crippen molar-refractivity contribution in [3.8, 4) is 0 Å². The van der Waals surface area contributed by atoms with Crippen molar-refractivity contribution in [1.29, 1.82) is 0 Å². The van der Waals surface area contributed by atoms with E-state index in [0.29, 0.717) is 12.1 Å². The van der Waals surface area contributed by atoms with Crippen LogP contribution in [0.4, 0.5) is 5.69 Å². The van der Waals surface area contributed by atoms with Crippen LogP contribution < -0.4 is 5.73 Å². The Labute approximate surface area is 112 Å². The molecule has 3 heteroatoms. The van der Waals surface area contributed by atoms with Gasteiger partial charge in [0, 0.05) is 34.4 Å². The summed E-state index contributed by atoms with van der Waals surface area (Å²) >= 11 is 3.61. The van der Waals surface area contributed by atoms with Crippen LogP contribution in [0.1, 0.15) is 38.7 Å². The zero-order chi connectivity index (χ0) is 12.4. The van der Waals surface area contributed by atoms with Gasteiger partial charge in [0.25, 0.3) is 0 Å². The second-order valence-corrected chi connectivity index (χ2v) is 5.96. The highest BCUT2D eigenvalue weighted by atomic mass is 79.9. The summed E-state index contributed by atoms with van der Waals surface area (Å²) in [6.45, 7) is 5.60. The van der Waals surface area contributed by atoms with Crippen LogP contribution in [0.25, 0.3) is 0 Å². The molecular weight excluding hydrogens is 276 g/mol. The molecule has 1 aromatic rings. The predicted octanol–water partition coefficient (Wildman–Crippen LogP) is 3.79. The molecule has 2 N–H and O–H groups in total. The van der Waals surface area contributed by atoms with Gasteiger partial charge in [0.15, 0.2) is 0 Å². The largest absolute Gasteiger partial charge is 0.398 e. The topological polar surface area (TPSA) is 29.3 Å². The second kappa shape index (κ2) is 5.40. The number of halogens is 1. The smallest absolute Gasteiger partial charge is 0.0371 e. The standard InChI is InChI=1S/C14H21BrN2/c1-10-5-3-6-11(2)17(10)9-12-13(15)7-4-8-14(12)16/h4,7-8,10-11H,3,5-6,9,16H2,1-2H3. The van der Waals surface area contributed by atoms with Crippen LogP contribution in [0.15, 0.2) is 22.7 Å². The molecule has 2 rings (SSSR count). The molecule has 2 atom stereocenters. The highest BCUT2D eigenvalue weighted by Crippen LogP contribution is 2.29. The fourth-order valence-electron chi connectivity index (χ4n) is 2.71. The van der Waals surface area contributed by atoms with Gasteiger partial charge in [0.1, 0.15) is 0 Å². The average molecular weight is 297 g/mol. The van der Waals surface area contributed by atoms with Crippen molar-refractivity contribution in [2.24, 2.45) is 0 Å². The number of nitrogens with zero attached hydrogens (tertiary/aromatic N) is 1. The molecule has 0 saturated carbocycles. The van der Waals surface area contributed by atoms with Crippen LogP contribution in [-0.4, -0.2) is 17.0 Å². The molecule has 0 aromatic heterocycles. The number of likely N-dealkylation sites (tertiary alicyclic amines) is 1. The third kappa shape index (κ3) is 2.83.